The molecule has 0 unspecified atom stereocenters. The molecule has 2 aromatic carbocycles. The topological polar surface area (TPSA) is 48.1 Å². The van der Waals surface area contributed by atoms with Crippen molar-refractivity contribution in [3.63, 3.8) is 0 Å². The molecule has 0 aliphatic heterocycles. The molecule has 3 aromatic rings. The summed E-state index contributed by atoms with van der Waals surface area (Å²) in [7, 11) is 0. The highest BCUT2D eigenvalue weighted by Crippen LogP contribution is 2.33. The van der Waals surface area contributed by atoms with Gasteiger partial charge in [0.25, 0.3) is 0 Å². The van der Waals surface area contributed by atoms with Crippen LogP contribution in [0, 0.1) is 0 Å². The second-order valence-electron chi connectivity index (χ2n) is 4.11. The van der Waals surface area contributed by atoms with Crippen molar-refractivity contribution in [1.29, 1.82) is 0 Å². The van der Waals surface area contributed by atoms with Crippen LogP contribution in [0.1, 0.15) is 0 Å². The molecule has 3 rings (SSSR count). The second kappa shape index (κ2) is 4.78. The van der Waals surface area contributed by atoms with Crippen LogP contribution < -0.4 is 10.5 Å². The van der Waals surface area contributed by atoms with E-state index in [0.29, 0.717) is 10.9 Å². The smallest absolute Gasteiger partial charge is 0.135 e. The van der Waals surface area contributed by atoms with Crippen molar-refractivity contribution in [3.8, 4) is 11.5 Å². The molecule has 2 N–H and O–H groups in total. The van der Waals surface area contributed by atoms with Crippen LogP contribution in [0.25, 0.3) is 10.8 Å². The molecule has 4 heteroatoms. The second-order valence-corrected chi connectivity index (χ2v) is 4.50. The van der Waals surface area contributed by atoms with E-state index in [9.17, 15) is 0 Å². The Kier molecular flexibility index (Phi) is 2.97. The lowest BCUT2D eigenvalue weighted by molar-refractivity contribution is 0.487. The van der Waals surface area contributed by atoms with E-state index in [1.165, 1.54) is 0 Å². The number of halogens is 1. The number of benzene rings is 2. The average molecular weight is 271 g/mol. The van der Waals surface area contributed by atoms with Gasteiger partial charge in [0.1, 0.15) is 16.7 Å². The third-order valence-corrected chi connectivity index (χ3v) is 3.05. The summed E-state index contributed by atoms with van der Waals surface area (Å²) in [6.07, 6.45) is 1.61. The third-order valence-electron chi connectivity index (χ3n) is 2.84. The summed E-state index contributed by atoms with van der Waals surface area (Å²) in [5.74, 6) is 1.39. The van der Waals surface area contributed by atoms with Crippen LogP contribution in [0.3, 0.4) is 0 Å². The van der Waals surface area contributed by atoms with E-state index in [0.717, 1.165) is 22.2 Å². The molecule has 1 heterocycles. The Labute approximate surface area is 115 Å². The van der Waals surface area contributed by atoms with E-state index in [4.69, 9.17) is 22.1 Å². The maximum absolute atomic E-state index is 5.96. The van der Waals surface area contributed by atoms with E-state index >= 15 is 0 Å². The number of aromatic nitrogens is 1. The molecule has 0 amide bonds. The number of pyridine rings is 1. The molecule has 0 saturated heterocycles. The van der Waals surface area contributed by atoms with Crippen LogP contribution in [-0.4, -0.2) is 4.98 Å². The van der Waals surface area contributed by atoms with Gasteiger partial charge >= 0.3 is 0 Å². The summed E-state index contributed by atoms with van der Waals surface area (Å²) < 4.78 is 5.85. The maximum atomic E-state index is 5.96. The highest BCUT2D eigenvalue weighted by Gasteiger charge is 2.06. The van der Waals surface area contributed by atoms with Crippen molar-refractivity contribution in [2.24, 2.45) is 0 Å². The summed E-state index contributed by atoms with van der Waals surface area (Å²) in [5, 5.41) is 2.34. The summed E-state index contributed by atoms with van der Waals surface area (Å²) in [5.41, 5.74) is 6.69. The van der Waals surface area contributed by atoms with Gasteiger partial charge in [-0.25, -0.2) is 4.98 Å². The molecule has 19 heavy (non-hydrogen) atoms. The van der Waals surface area contributed by atoms with E-state index < -0.39 is 0 Å². The molecule has 0 saturated carbocycles. The molecule has 0 aliphatic rings. The Morgan fingerprint density at radius 3 is 2.58 bits per heavy atom. The predicted octanol–water partition coefficient (Wildman–Crippen LogP) is 4.26. The molecule has 94 valence electrons. The van der Waals surface area contributed by atoms with Crippen molar-refractivity contribution in [3.05, 3.63) is 59.9 Å². The highest BCUT2D eigenvalue weighted by molar-refractivity contribution is 6.29. The van der Waals surface area contributed by atoms with Crippen LogP contribution in [-0.2, 0) is 0 Å². The fourth-order valence-electron chi connectivity index (χ4n) is 1.96. The van der Waals surface area contributed by atoms with Crippen LogP contribution in [0.2, 0.25) is 5.15 Å². The Morgan fingerprint density at radius 1 is 1.00 bits per heavy atom. The fraction of sp³-hybridized carbons (Fsp3) is 0. The SMILES string of the molecule is Nc1ccc(Oc2ccnc(Cl)c2)c2ccccc12. The summed E-state index contributed by atoms with van der Waals surface area (Å²) in [6.45, 7) is 0. The lowest BCUT2D eigenvalue weighted by Crippen LogP contribution is -1.90. The Hall–Kier alpha value is -2.26. The fourth-order valence-corrected chi connectivity index (χ4v) is 2.12. The van der Waals surface area contributed by atoms with Gasteiger partial charge in [-0.05, 0) is 18.2 Å². The molecule has 1 aromatic heterocycles. The number of nitrogens with two attached hydrogens (primary N) is 1. The molecular formula is C15H11ClN2O. The molecule has 3 nitrogen and oxygen atoms in total. The molecule has 0 radical (unpaired) electrons. The number of anilines is 1. The first-order valence-electron chi connectivity index (χ1n) is 5.81. The van der Waals surface area contributed by atoms with Crippen LogP contribution in [0.15, 0.2) is 54.7 Å². The van der Waals surface area contributed by atoms with Crippen molar-refractivity contribution in [1.82, 2.24) is 4.98 Å². The van der Waals surface area contributed by atoms with Gasteiger partial charge in [0.15, 0.2) is 0 Å². The first-order chi connectivity index (χ1) is 9.24. The summed E-state index contributed by atoms with van der Waals surface area (Å²) >= 11 is 5.84. The minimum absolute atomic E-state index is 0.400. The predicted molar refractivity (Wildman–Crippen MR) is 77.7 cm³/mol. The zero-order valence-electron chi connectivity index (χ0n) is 10.0. The normalized spacial score (nSPS) is 10.6. The number of nitrogens with zero attached hydrogens (tertiary/aromatic N) is 1. The van der Waals surface area contributed by atoms with Gasteiger partial charge < -0.3 is 10.5 Å². The van der Waals surface area contributed by atoms with Crippen molar-refractivity contribution in [2.45, 2.75) is 0 Å². The zero-order chi connectivity index (χ0) is 13.2. The number of ether oxygens (including phenoxy) is 1. The Bertz CT molecular complexity index is 743. The van der Waals surface area contributed by atoms with Gasteiger partial charge in [-0.3, -0.25) is 0 Å². The molecular weight excluding hydrogens is 260 g/mol. The zero-order valence-corrected chi connectivity index (χ0v) is 10.8. The summed E-state index contributed by atoms with van der Waals surface area (Å²) in [4.78, 5) is 3.92. The lowest BCUT2D eigenvalue weighted by atomic mass is 10.1. The highest BCUT2D eigenvalue weighted by atomic mass is 35.5. The van der Waals surface area contributed by atoms with Crippen molar-refractivity contribution >= 4 is 28.1 Å². The van der Waals surface area contributed by atoms with E-state index in [2.05, 4.69) is 4.98 Å². The lowest BCUT2D eigenvalue weighted by Gasteiger charge is -2.10. The van der Waals surface area contributed by atoms with Gasteiger partial charge in [-0.15, -0.1) is 0 Å². The number of fused-ring (bicyclic) bond motifs is 1. The van der Waals surface area contributed by atoms with E-state index in [1.807, 2.05) is 36.4 Å². The third kappa shape index (κ3) is 2.33. The first-order valence-corrected chi connectivity index (χ1v) is 6.18. The minimum atomic E-state index is 0.400. The van der Waals surface area contributed by atoms with Gasteiger partial charge in [-0.1, -0.05) is 35.9 Å². The first kappa shape index (κ1) is 11.8. The van der Waals surface area contributed by atoms with Gasteiger partial charge in [0.05, 0.1) is 0 Å². The van der Waals surface area contributed by atoms with Gasteiger partial charge in [-0.2, -0.15) is 0 Å². The minimum Gasteiger partial charge on any atom is -0.457 e. The van der Waals surface area contributed by atoms with E-state index in [1.54, 1.807) is 18.3 Å². The number of hydrogen-bond acceptors (Lipinski definition) is 3. The van der Waals surface area contributed by atoms with Crippen LogP contribution in [0.4, 0.5) is 5.69 Å². The van der Waals surface area contributed by atoms with Crippen molar-refractivity contribution in [2.75, 3.05) is 5.73 Å². The van der Waals surface area contributed by atoms with Gasteiger partial charge in [0, 0.05) is 28.7 Å². The van der Waals surface area contributed by atoms with Crippen molar-refractivity contribution < 1.29 is 4.74 Å². The van der Waals surface area contributed by atoms with Crippen LogP contribution >= 0.6 is 11.6 Å². The maximum Gasteiger partial charge on any atom is 0.135 e. The monoisotopic (exact) mass is 270 g/mol. The number of nitrogen functional groups attached to an aromatic ring is 1. The average Bonchev–Trinajstić information content (AvgIpc) is 2.42. The number of rotatable bonds is 2. The summed E-state index contributed by atoms with van der Waals surface area (Å²) in [6, 6.07) is 15.0. The van der Waals surface area contributed by atoms with Crippen LogP contribution in [0.5, 0.6) is 11.5 Å². The molecule has 0 bridgehead atoms. The quantitative estimate of drug-likeness (QED) is 0.559. The standard InChI is InChI=1S/C15H11ClN2O/c16-15-9-10(7-8-18-15)19-14-6-5-13(17)11-3-1-2-4-12(11)14/h1-9H,17H2. The molecule has 0 atom stereocenters. The number of hydrogen-bond donors (Lipinski definition) is 1. The Balaban J connectivity index is 2.09. The molecule has 0 spiro atoms. The largest absolute Gasteiger partial charge is 0.457 e. The van der Waals surface area contributed by atoms with Gasteiger partial charge in [0.2, 0.25) is 0 Å². The Morgan fingerprint density at radius 2 is 1.79 bits per heavy atom. The van der Waals surface area contributed by atoms with E-state index in [-0.39, 0.29) is 0 Å². The molecule has 0 aliphatic carbocycles. The molecule has 0 fully saturated rings.